The van der Waals surface area contributed by atoms with Crippen LogP contribution >= 0.6 is 0 Å². The molecule has 0 atom stereocenters. The van der Waals surface area contributed by atoms with Gasteiger partial charge in [-0.3, -0.25) is 19.4 Å². The minimum atomic E-state index is -1.10. The summed E-state index contributed by atoms with van der Waals surface area (Å²) in [5.74, 6) is 0.953. The molecule has 0 spiro atoms. The molecule has 2 N–H and O–H groups in total. The molecule has 3 aliphatic rings. The second-order valence-electron chi connectivity index (χ2n) is 12.3. The maximum absolute atomic E-state index is 15.0. The predicted octanol–water partition coefficient (Wildman–Crippen LogP) is 4.15. The summed E-state index contributed by atoms with van der Waals surface area (Å²) in [7, 11) is 0. The van der Waals surface area contributed by atoms with Gasteiger partial charge in [0, 0.05) is 98.1 Å². The number of halogens is 2. The number of aromatic nitrogens is 4. The lowest BCUT2D eigenvalue weighted by Gasteiger charge is -2.43. The maximum atomic E-state index is 15.0. The summed E-state index contributed by atoms with van der Waals surface area (Å²) in [4.78, 5) is 26.3. The molecule has 9 nitrogen and oxygen atoms in total. The van der Waals surface area contributed by atoms with E-state index in [4.69, 9.17) is 0 Å². The zero-order valence-electron chi connectivity index (χ0n) is 24.5. The third-order valence-electron chi connectivity index (χ3n) is 9.07. The van der Waals surface area contributed by atoms with Gasteiger partial charge in [0.2, 0.25) is 5.91 Å². The van der Waals surface area contributed by atoms with Gasteiger partial charge in [-0.05, 0) is 61.9 Å². The molecule has 2 saturated heterocycles. The number of fused-ring (bicyclic) bond motifs is 2. The highest BCUT2D eigenvalue weighted by Crippen LogP contribution is 2.31. The second kappa shape index (κ2) is 10.9. The Bertz CT molecular complexity index is 1690. The minimum Gasteiger partial charge on any atom is -0.338 e. The molecule has 43 heavy (non-hydrogen) atoms. The van der Waals surface area contributed by atoms with Crippen molar-refractivity contribution in [3.63, 3.8) is 0 Å². The quantitative estimate of drug-likeness (QED) is 0.351. The standard InChI is InChI=1S/C32H36F2N8O/c1-20-9-21(2)36-15-27(20)26-10-22-12-29(37-14-23(22)11-28(26)33)38-30-13-25-5-8-41(31(43)16-42(25)39-30)24-3-6-40(7-4-24)19-32(34)17-35-18-32/h9-15,24,35H,3-8,16-19H2,1-2H3,(H,37,38,39). The number of piperidine rings is 1. The van der Waals surface area contributed by atoms with Crippen molar-refractivity contribution >= 4 is 28.3 Å². The largest absolute Gasteiger partial charge is 0.338 e. The zero-order chi connectivity index (χ0) is 29.7. The molecule has 0 saturated carbocycles. The summed E-state index contributed by atoms with van der Waals surface area (Å²) in [5, 5.41) is 12.5. The lowest BCUT2D eigenvalue weighted by atomic mass is 9.96. The van der Waals surface area contributed by atoms with E-state index >= 15 is 4.39 Å². The third-order valence-corrected chi connectivity index (χ3v) is 9.07. The van der Waals surface area contributed by atoms with Crippen molar-refractivity contribution < 1.29 is 13.6 Å². The molecule has 0 radical (unpaired) electrons. The number of anilines is 2. The Morgan fingerprint density at radius 3 is 2.53 bits per heavy atom. The van der Waals surface area contributed by atoms with Gasteiger partial charge in [0.25, 0.3) is 0 Å². The first kappa shape index (κ1) is 27.8. The minimum absolute atomic E-state index is 0.0660. The molecular formula is C32H36F2N8O. The summed E-state index contributed by atoms with van der Waals surface area (Å²) >= 11 is 0. The molecule has 224 valence electrons. The molecule has 0 aliphatic carbocycles. The fourth-order valence-electron chi connectivity index (χ4n) is 6.67. The Morgan fingerprint density at radius 1 is 0.977 bits per heavy atom. The van der Waals surface area contributed by atoms with Crippen molar-refractivity contribution in [1.29, 1.82) is 0 Å². The Kier molecular flexibility index (Phi) is 7.09. The lowest BCUT2D eigenvalue weighted by molar-refractivity contribution is -0.135. The molecule has 0 bridgehead atoms. The smallest absolute Gasteiger partial charge is 0.244 e. The number of hydrogen-bond acceptors (Lipinski definition) is 7. The number of carbonyl (C=O) groups excluding carboxylic acids is 1. The maximum Gasteiger partial charge on any atom is 0.244 e. The molecule has 7 rings (SSSR count). The average molecular weight is 587 g/mol. The lowest BCUT2D eigenvalue weighted by Crippen LogP contribution is -2.62. The van der Waals surface area contributed by atoms with Crippen LogP contribution < -0.4 is 10.6 Å². The molecule has 2 fully saturated rings. The van der Waals surface area contributed by atoms with E-state index in [1.54, 1.807) is 17.1 Å². The van der Waals surface area contributed by atoms with Crippen molar-refractivity contribution in [2.45, 2.75) is 51.4 Å². The average Bonchev–Trinajstić information content (AvgIpc) is 3.26. The number of nitrogens with one attached hydrogen (secondary N) is 2. The molecule has 0 unspecified atom stereocenters. The van der Waals surface area contributed by atoms with Gasteiger partial charge in [-0.25, -0.2) is 13.8 Å². The highest BCUT2D eigenvalue weighted by Gasteiger charge is 2.40. The molecule has 11 heteroatoms. The van der Waals surface area contributed by atoms with Gasteiger partial charge in [-0.2, -0.15) is 5.10 Å². The number of rotatable bonds is 6. The zero-order valence-corrected chi connectivity index (χ0v) is 24.5. The van der Waals surface area contributed by atoms with Gasteiger partial charge in [0.15, 0.2) is 5.82 Å². The van der Waals surface area contributed by atoms with Gasteiger partial charge < -0.3 is 15.5 Å². The summed E-state index contributed by atoms with van der Waals surface area (Å²) in [6.45, 7) is 7.67. The van der Waals surface area contributed by atoms with Crippen molar-refractivity contribution in [2.75, 3.05) is 44.6 Å². The highest BCUT2D eigenvalue weighted by molar-refractivity contribution is 5.89. The van der Waals surface area contributed by atoms with Gasteiger partial charge in [0.05, 0.1) is 0 Å². The van der Waals surface area contributed by atoms with Gasteiger partial charge in [-0.15, -0.1) is 0 Å². The van der Waals surface area contributed by atoms with E-state index in [1.165, 1.54) is 6.07 Å². The number of nitrogens with zero attached hydrogens (tertiary/aromatic N) is 6. The fraction of sp³-hybridized carbons (Fsp3) is 0.438. The molecule has 3 aromatic heterocycles. The van der Waals surface area contributed by atoms with Crippen LogP contribution in [0.25, 0.3) is 21.9 Å². The van der Waals surface area contributed by atoms with E-state index in [1.807, 2.05) is 43.0 Å². The fourth-order valence-corrected chi connectivity index (χ4v) is 6.67. The summed E-state index contributed by atoms with van der Waals surface area (Å²) < 4.78 is 31.3. The number of hydrogen-bond donors (Lipinski definition) is 2. The van der Waals surface area contributed by atoms with Crippen LogP contribution in [0.1, 0.15) is 29.8 Å². The number of likely N-dealkylation sites (tertiary alicyclic amines) is 1. The Morgan fingerprint density at radius 2 is 1.79 bits per heavy atom. The number of aryl methyl sites for hydroxylation is 2. The van der Waals surface area contributed by atoms with Crippen LogP contribution in [-0.2, 0) is 17.8 Å². The van der Waals surface area contributed by atoms with Crippen LogP contribution in [0.3, 0.4) is 0 Å². The number of amides is 1. The van der Waals surface area contributed by atoms with Crippen LogP contribution in [0, 0.1) is 19.7 Å². The third kappa shape index (κ3) is 5.59. The van der Waals surface area contributed by atoms with E-state index in [0.29, 0.717) is 55.2 Å². The first-order chi connectivity index (χ1) is 20.7. The Labute approximate surface area is 249 Å². The SMILES string of the molecule is Cc1cc(C)c(-c2cc3cc(Nc4cc5n(n4)CC(=O)N(C4CCN(CC6(F)CNC6)CC4)CC5)ncc3cc2F)cn1. The van der Waals surface area contributed by atoms with Crippen LogP contribution in [0.4, 0.5) is 20.4 Å². The first-order valence-corrected chi connectivity index (χ1v) is 15.0. The van der Waals surface area contributed by atoms with E-state index in [2.05, 4.69) is 30.6 Å². The summed E-state index contributed by atoms with van der Waals surface area (Å²) in [6, 6.07) is 9.31. The van der Waals surface area contributed by atoms with Crippen molar-refractivity contribution in [3.05, 3.63) is 65.5 Å². The van der Waals surface area contributed by atoms with Gasteiger partial charge >= 0.3 is 0 Å². The molecule has 4 aromatic rings. The van der Waals surface area contributed by atoms with Crippen molar-refractivity contribution in [2.24, 2.45) is 0 Å². The van der Waals surface area contributed by atoms with Crippen LogP contribution in [0.2, 0.25) is 0 Å². The van der Waals surface area contributed by atoms with E-state index in [-0.39, 0.29) is 24.3 Å². The Hall–Kier alpha value is -3.96. The van der Waals surface area contributed by atoms with E-state index in [9.17, 15) is 9.18 Å². The second-order valence-corrected chi connectivity index (χ2v) is 12.3. The van der Waals surface area contributed by atoms with Crippen LogP contribution in [0.15, 0.2) is 42.7 Å². The van der Waals surface area contributed by atoms with Gasteiger partial charge in [0.1, 0.15) is 23.8 Å². The number of pyridine rings is 2. The topological polar surface area (TPSA) is 91.2 Å². The monoisotopic (exact) mass is 586 g/mol. The van der Waals surface area contributed by atoms with Crippen molar-refractivity contribution in [1.82, 2.24) is 34.9 Å². The van der Waals surface area contributed by atoms with Crippen molar-refractivity contribution in [3.8, 4) is 11.1 Å². The van der Waals surface area contributed by atoms with Gasteiger partial charge in [-0.1, -0.05) is 0 Å². The molecule has 6 heterocycles. The van der Waals surface area contributed by atoms with E-state index < -0.39 is 5.67 Å². The summed E-state index contributed by atoms with van der Waals surface area (Å²) in [5.41, 5.74) is 3.00. The molecule has 3 aliphatic heterocycles. The summed E-state index contributed by atoms with van der Waals surface area (Å²) in [6.07, 6.45) is 5.80. The number of carbonyl (C=O) groups is 1. The molecule has 1 amide bonds. The number of benzene rings is 1. The first-order valence-electron chi connectivity index (χ1n) is 15.0. The van der Waals surface area contributed by atoms with Crippen LogP contribution in [0.5, 0.6) is 0 Å². The molecular weight excluding hydrogens is 550 g/mol. The normalized spacial score (nSPS) is 19.3. The Balaban J connectivity index is 1.02. The number of alkyl halides is 1. The molecule has 1 aromatic carbocycles. The van der Waals surface area contributed by atoms with E-state index in [0.717, 1.165) is 53.8 Å². The highest BCUT2D eigenvalue weighted by atomic mass is 19.1. The van der Waals surface area contributed by atoms with Crippen LogP contribution in [-0.4, -0.2) is 86.4 Å². The predicted molar refractivity (Wildman–Crippen MR) is 162 cm³/mol.